The van der Waals surface area contributed by atoms with E-state index in [1.165, 1.54) is 19.4 Å². The average molecular weight is 385 g/mol. The molecule has 1 aromatic heterocycles. The minimum Gasteiger partial charge on any atom is -0.493 e. The van der Waals surface area contributed by atoms with Crippen molar-refractivity contribution in [2.45, 2.75) is 0 Å². The maximum atomic E-state index is 12.5. The van der Waals surface area contributed by atoms with E-state index in [9.17, 15) is 4.79 Å². The van der Waals surface area contributed by atoms with Crippen LogP contribution in [0.1, 0.15) is 10.5 Å². The highest BCUT2D eigenvalue weighted by molar-refractivity contribution is 6.30. The molecule has 8 heteroatoms. The van der Waals surface area contributed by atoms with Crippen LogP contribution in [-0.2, 0) is 0 Å². The maximum absolute atomic E-state index is 12.5. The molecule has 0 aliphatic heterocycles. The molecule has 0 bridgehead atoms. The molecule has 7 nitrogen and oxygen atoms in total. The largest absolute Gasteiger partial charge is 0.493 e. The normalized spacial score (nSPS) is 10.2. The predicted molar refractivity (Wildman–Crippen MR) is 104 cm³/mol. The first-order chi connectivity index (χ1) is 13.1. The Kier molecular flexibility index (Phi) is 5.73. The van der Waals surface area contributed by atoms with Gasteiger partial charge in [-0.15, -0.1) is 0 Å². The molecule has 0 aliphatic rings. The van der Waals surface area contributed by atoms with Gasteiger partial charge in [0, 0.05) is 28.7 Å². The molecule has 1 heterocycles. The van der Waals surface area contributed by atoms with Crippen LogP contribution in [0, 0.1) is 0 Å². The predicted octanol–water partition coefficient (Wildman–Crippen LogP) is 4.14. The molecule has 0 radical (unpaired) electrons. The number of carbonyl (C=O) groups excluding carboxylic acids is 1. The molecule has 0 saturated heterocycles. The van der Waals surface area contributed by atoms with Gasteiger partial charge in [-0.2, -0.15) is 0 Å². The second kappa shape index (κ2) is 8.37. The Bertz CT molecular complexity index is 948. The van der Waals surface area contributed by atoms with E-state index in [4.69, 9.17) is 21.1 Å². The molecule has 2 N–H and O–H groups in total. The number of hydrogen-bond acceptors (Lipinski definition) is 6. The molecule has 0 unspecified atom stereocenters. The third-order valence-corrected chi connectivity index (χ3v) is 3.88. The van der Waals surface area contributed by atoms with E-state index in [0.29, 0.717) is 28.2 Å². The molecule has 3 rings (SSSR count). The maximum Gasteiger partial charge on any atom is 0.274 e. The number of anilines is 3. The number of nitrogens with zero attached hydrogens (tertiary/aromatic N) is 2. The molecule has 3 aromatic rings. The van der Waals surface area contributed by atoms with Gasteiger partial charge in [0.05, 0.1) is 14.2 Å². The van der Waals surface area contributed by atoms with Gasteiger partial charge in [0.2, 0.25) is 5.95 Å². The number of halogens is 1. The first-order valence-electron chi connectivity index (χ1n) is 7.98. The summed E-state index contributed by atoms with van der Waals surface area (Å²) < 4.78 is 10.4. The van der Waals surface area contributed by atoms with Crippen LogP contribution in [0.3, 0.4) is 0 Å². The van der Waals surface area contributed by atoms with Gasteiger partial charge in [0.1, 0.15) is 5.69 Å². The Morgan fingerprint density at radius 2 is 1.67 bits per heavy atom. The molecule has 138 valence electrons. The fourth-order valence-electron chi connectivity index (χ4n) is 2.32. The lowest BCUT2D eigenvalue weighted by Gasteiger charge is -2.11. The van der Waals surface area contributed by atoms with Crippen molar-refractivity contribution in [2.24, 2.45) is 0 Å². The van der Waals surface area contributed by atoms with Gasteiger partial charge in [-0.25, -0.2) is 9.97 Å². The van der Waals surface area contributed by atoms with Crippen molar-refractivity contribution in [2.75, 3.05) is 24.9 Å². The highest BCUT2D eigenvalue weighted by Gasteiger charge is 2.11. The summed E-state index contributed by atoms with van der Waals surface area (Å²) in [6.45, 7) is 0. The average Bonchev–Trinajstić information content (AvgIpc) is 2.70. The number of hydrogen-bond donors (Lipinski definition) is 2. The number of rotatable bonds is 6. The van der Waals surface area contributed by atoms with Crippen LogP contribution >= 0.6 is 11.6 Å². The number of methoxy groups -OCH3 is 2. The number of nitrogens with one attached hydrogen (secondary N) is 2. The minimum absolute atomic E-state index is 0.219. The van der Waals surface area contributed by atoms with Crippen molar-refractivity contribution in [1.29, 1.82) is 0 Å². The minimum atomic E-state index is -0.372. The topological polar surface area (TPSA) is 85.4 Å². The molecule has 0 aliphatic carbocycles. The van der Waals surface area contributed by atoms with Crippen LogP contribution in [0.25, 0.3) is 0 Å². The van der Waals surface area contributed by atoms with Gasteiger partial charge in [-0.3, -0.25) is 4.79 Å². The standard InChI is InChI=1S/C19H17ClN4O3/c1-26-16-8-7-14(11-17(16)27-2)22-18(25)15-9-10-21-19(24-15)23-13-5-3-12(20)4-6-13/h3-11H,1-2H3,(H,22,25)(H,21,23,24). The lowest BCUT2D eigenvalue weighted by Crippen LogP contribution is -2.14. The van der Waals surface area contributed by atoms with E-state index in [-0.39, 0.29) is 11.6 Å². The van der Waals surface area contributed by atoms with E-state index < -0.39 is 0 Å². The molecule has 2 aromatic carbocycles. The van der Waals surface area contributed by atoms with Crippen molar-refractivity contribution in [1.82, 2.24) is 9.97 Å². The lowest BCUT2D eigenvalue weighted by molar-refractivity contribution is 0.102. The zero-order valence-corrected chi connectivity index (χ0v) is 15.4. The van der Waals surface area contributed by atoms with Crippen LogP contribution in [0.4, 0.5) is 17.3 Å². The third kappa shape index (κ3) is 4.65. The van der Waals surface area contributed by atoms with Crippen molar-refractivity contribution >= 4 is 34.8 Å². The van der Waals surface area contributed by atoms with Gasteiger partial charge < -0.3 is 20.1 Å². The quantitative estimate of drug-likeness (QED) is 0.664. The number of ether oxygens (including phenoxy) is 2. The van der Waals surface area contributed by atoms with E-state index in [2.05, 4.69) is 20.6 Å². The molecular formula is C19H17ClN4O3. The van der Waals surface area contributed by atoms with Gasteiger partial charge in [-0.1, -0.05) is 11.6 Å². The molecule has 27 heavy (non-hydrogen) atoms. The van der Waals surface area contributed by atoms with Gasteiger partial charge in [-0.05, 0) is 42.5 Å². The van der Waals surface area contributed by atoms with Gasteiger partial charge in [0.25, 0.3) is 5.91 Å². The van der Waals surface area contributed by atoms with E-state index in [1.54, 1.807) is 49.6 Å². The number of amides is 1. The number of carbonyl (C=O) groups is 1. The summed E-state index contributed by atoms with van der Waals surface area (Å²) in [4.78, 5) is 20.9. The van der Waals surface area contributed by atoms with Crippen molar-refractivity contribution < 1.29 is 14.3 Å². The molecule has 1 amide bonds. The molecule has 0 atom stereocenters. The summed E-state index contributed by atoms with van der Waals surface area (Å²) in [6, 6.07) is 13.7. The molecular weight excluding hydrogens is 368 g/mol. The van der Waals surface area contributed by atoms with Crippen molar-refractivity contribution in [3.05, 3.63) is 65.4 Å². The third-order valence-electron chi connectivity index (χ3n) is 3.63. The SMILES string of the molecule is COc1ccc(NC(=O)c2ccnc(Nc3ccc(Cl)cc3)n2)cc1OC. The Morgan fingerprint density at radius 1 is 0.963 bits per heavy atom. The Hall–Kier alpha value is -3.32. The lowest BCUT2D eigenvalue weighted by atomic mass is 10.2. The number of aromatic nitrogens is 2. The Balaban J connectivity index is 1.74. The summed E-state index contributed by atoms with van der Waals surface area (Å²) in [7, 11) is 3.08. The Morgan fingerprint density at radius 3 is 2.37 bits per heavy atom. The second-order valence-electron chi connectivity index (χ2n) is 5.42. The van der Waals surface area contributed by atoms with E-state index in [1.807, 2.05) is 0 Å². The van der Waals surface area contributed by atoms with Crippen LogP contribution in [0.5, 0.6) is 11.5 Å². The smallest absolute Gasteiger partial charge is 0.274 e. The first-order valence-corrected chi connectivity index (χ1v) is 8.36. The van der Waals surface area contributed by atoms with Gasteiger partial charge in [0.15, 0.2) is 11.5 Å². The summed E-state index contributed by atoms with van der Waals surface area (Å²) >= 11 is 5.87. The van der Waals surface area contributed by atoms with E-state index >= 15 is 0 Å². The van der Waals surface area contributed by atoms with Crippen molar-refractivity contribution in [3.63, 3.8) is 0 Å². The second-order valence-corrected chi connectivity index (χ2v) is 5.86. The highest BCUT2D eigenvalue weighted by atomic mass is 35.5. The van der Waals surface area contributed by atoms with Crippen molar-refractivity contribution in [3.8, 4) is 11.5 Å². The summed E-state index contributed by atoms with van der Waals surface area (Å²) in [5, 5.41) is 6.43. The van der Waals surface area contributed by atoms with Crippen LogP contribution < -0.4 is 20.1 Å². The van der Waals surface area contributed by atoms with Crippen LogP contribution in [0.15, 0.2) is 54.7 Å². The molecule has 0 spiro atoms. The molecule has 0 fully saturated rings. The Labute approximate surface area is 161 Å². The monoisotopic (exact) mass is 384 g/mol. The highest BCUT2D eigenvalue weighted by Crippen LogP contribution is 2.29. The fourth-order valence-corrected chi connectivity index (χ4v) is 2.44. The van der Waals surface area contributed by atoms with Gasteiger partial charge >= 0.3 is 0 Å². The van der Waals surface area contributed by atoms with Crippen LogP contribution in [0.2, 0.25) is 5.02 Å². The number of benzene rings is 2. The zero-order chi connectivity index (χ0) is 19.2. The van der Waals surface area contributed by atoms with Crippen LogP contribution in [-0.4, -0.2) is 30.1 Å². The summed E-state index contributed by atoms with van der Waals surface area (Å²) in [5.74, 6) is 1.02. The summed E-state index contributed by atoms with van der Waals surface area (Å²) in [6.07, 6.45) is 1.51. The fraction of sp³-hybridized carbons (Fsp3) is 0.105. The molecule has 0 saturated carbocycles. The van der Waals surface area contributed by atoms with E-state index in [0.717, 1.165) is 5.69 Å². The zero-order valence-electron chi connectivity index (χ0n) is 14.7. The summed E-state index contributed by atoms with van der Waals surface area (Å²) in [5.41, 5.74) is 1.54. The first kappa shape index (κ1) is 18.5.